The summed E-state index contributed by atoms with van der Waals surface area (Å²) in [6, 6.07) is 7.38. The molecule has 1 aromatic carbocycles. The van der Waals surface area contributed by atoms with Gasteiger partial charge in [0.2, 0.25) is 5.95 Å². The first-order valence-corrected chi connectivity index (χ1v) is 5.86. The van der Waals surface area contributed by atoms with Gasteiger partial charge in [-0.2, -0.15) is 15.0 Å². The largest absolute Gasteiger partial charge is 0.461 e. The van der Waals surface area contributed by atoms with Crippen LogP contribution in [-0.2, 0) is 0 Å². The first-order valence-electron chi connectivity index (χ1n) is 5.49. The van der Waals surface area contributed by atoms with E-state index < -0.39 is 0 Å². The van der Waals surface area contributed by atoms with E-state index in [1.54, 1.807) is 12.1 Å². The molecule has 0 aliphatic carbocycles. The van der Waals surface area contributed by atoms with Crippen LogP contribution in [0.25, 0.3) is 11.4 Å². The summed E-state index contributed by atoms with van der Waals surface area (Å²) >= 11 is 5.83. The summed E-state index contributed by atoms with van der Waals surface area (Å²) < 4.78 is 5.41. The van der Waals surface area contributed by atoms with Crippen LogP contribution in [0.2, 0.25) is 5.02 Å². The van der Waals surface area contributed by atoms with E-state index in [-0.39, 0.29) is 18.1 Å². The van der Waals surface area contributed by atoms with Crippen molar-refractivity contribution in [1.82, 2.24) is 15.0 Å². The second-order valence-corrected chi connectivity index (χ2v) is 4.41. The van der Waals surface area contributed by atoms with E-state index in [0.717, 1.165) is 5.56 Å². The van der Waals surface area contributed by atoms with Crippen LogP contribution in [0.1, 0.15) is 13.8 Å². The molecule has 18 heavy (non-hydrogen) atoms. The Morgan fingerprint density at radius 1 is 1.11 bits per heavy atom. The van der Waals surface area contributed by atoms with Crippen molar-refractivity contribution >= 4 is 17.5 Å². The van der Waals surface area contributed by atoms with Crippen LogP contribution in [0.4, 0.5) is 5.95 Å². The predicted octanol–water partition coefficient (Wildman–Crippen LogP) is 2.56. The van der Waals surface area contributed by atoms with Crippen molar-refractivity contribution in [2.75, 3.05) is 5.73 Å². The molecule has 0 saturated carbocycles. The molecule has 94 valence electrons. The predicted molar refractivity (Wildman–Crippen MR) is 70.4 cm³/mol. The van der Waals surface area contributed by atoms with E-state index >= 15 is 0 Å². The number of hydrogen-bond donors (Lipinski definition) is 1. The number of ether oxygens (including phenoxy) is 1. The molecule has 2 N–H and O–H groups in total. The van der Waals surface area contributed by atoms with E-state index in [1.807, 2.05) is 26.0 Å². The first kappa shape index (κ1) is 12.6. The van der Waals surface area contributed by atoms with Crippen LogP contribution in [-0.4, -0.2) is 21.1 Å². The summed E-state index contributed by atoms with van der Waals surface area (Å²) in [4.78, 5) is 12.2. The smallest absolute Gasteiger partial charge is 0.322 e. The highest BCUT2D eigenvalue weighted by Crippen LogP contribution is 2.20. The Morgan fingerprint density at radius 2 is 1.78 bits per heavy atom. The molecule has 1 aromatic heterocycles. The highest BCUT2D eigenvalue weighted by atomic mass is 35.5. The average molecular weight is 265 g/mol. The van der Waals surface area contributed by atoms with Gasteiger partial charge >= 0.3 is 6.01 Å². The van der Waals surface area contributed by atoms with Gasteiger partial charge in [-0.05, 0) is 38.1 Å². The van der Waals surface area contributed by atoms with Crippen molar-refractivity contribution in [3.05, 3.63) is 29.3 Å². The molecule has 0 fully saturated rings. The summed E-state index contributed by atoms with van der Waals surface area (Å²) in [6.07, 6.45) is -0.0233. The number of nitrogens with zero attached hydrogens (tertiary/aromatic N) is 3. The molecule has 0 saturated heterocycles. The van der Waals surface area contributed by atoms with Crippen LogP contribution in [0.5, 0.6) is 6.01 Å². The van der Waals surface area contributed by atoms with Gasteiger partial charge in [-0.15, -0.1) is 0 Å². The fraction of sp³-hybridized carbons (Fsp3) is 0.250. The molecule has 0 amide bonds. The van der Waals surface area contributed by atoms with Gasteiger partial charge < -0.3 is 10.5 Å². The Morgan fingerprint density at radius 3 is 2.39 bits per heavy atom. The Hall–Kier alpha value is -1.88. The summed E-state index contributed by atoms with van der Waals surface area (Å²) in [5.74, 6) is 0.598. The molecule has 6 heteroatoms. The quantitative estimate of drug-likeness (QED) is 0.922. The molecule has 0 atom stereocenters. The summed E-state index contributed by atoms with van der Waals surface area (Å²) in [6.45, 7) is 3.78. The van der Waals surface area contributed by atoms with Gasteiger partial charge in [0, 0.05) is 10.6 Å². The molecule has 0 aliphatic heterocycles. The van der Waals surface area contributed by atoms with E-state index in [2.05, 4.69) is 15.0 Å². The minimum absolute atomic E-state index is 0.0233. The van der Waals surface area contributed by atoms with E-state index in [1.165, 1.54) is 0 Å². The van der Waals surface area contributed by atoms with Crippen LogP contribution in [0.3, 0.4) is 0 Å². The number of nitrogens with two attached hydrogens (primary N) is 1. The second-order valence-electron chi connectivity index (χ2n) is 3.97. The van der Waals surface area contributed by atoms with Crippen LogP contribution in [0, 0.1) is 0 Å². The van der Waals surface area contributed by atoms with Crippen LogP contribution in [0.15, 0.2) is 24.3 Å². The Kier molecular flexibility index (Phi) is 3.62. The SMILES string of the molecule is CC(C)Oc1nc(N)nc(-c2ccc(Cl)cc2)n1. The fourth-order valence-corrected chi connectivity index (χ4v) is 1.49. The number of benzene rings is 1. The summed E-state index contributed by atoms with van der Waals surface area (Å²) in [7, 11) is 0. The van der Waals surface area contributed by atoms with Gasteiger partial charge in [0.1, 0.15) is 0 Å². The number of halogens is 1. The normalized spacial score (nSPS) is 10.7. The molecule has 0 spiro atoms. The average Bonchev–Trinajstić information content (AvgIpc) is 2.28. The standard InChI is InChI=1S/C12H13ClN4O/c1-7(2)18-12-16-10(15-11(14)17-12)8-3-5-9(13)6-4-8/h3-7H,1-2H3,(H2,14,15,16,17). The van der Waals surface area contributed by atoms with Crippen molar-refractivity contribution in [3.63, 3.8) is 0 Å². The Balaban J connectivity index is 2.38. The third kappa shape index (κ3) is 3.07. The maximum Gasteiger partial charge on any atom is 0.322 e. The molecule has 0 aliphatic rings. The van der Waals surface area contributed by atoms with Gasteiger partial charge in [-0.25, -0.2) is 0 Å². The van der Waals surface area contributed by atoms with E-state index in [0.29, 0.717) is 10.8 Å². The zero-order valence-electron chi connectivity index (χ0n) is 10.1. The third-order valence-electron chi connectivity index (χ3n) is 2.08. The van der Waals surface area contributed by atoms with Gasteiger partial charge in [-0.3, -0.25) is 0 Å². The van der Waals surface area contributed by atoms with Crippen molar-refractivity contribution in [1.29, 1.82) is 0 Å². The molecular formula is C12H13ClN4O. The van der Waals surface area contributed by atoms with Crippen molar-refractivity contribution < 1.29 is 4.74 Å². The highest BCUT2D eigenvalue weighted by Gasteiger charge is 2.08. The molecule has 5 nitrogen and oxygen atoms in total. The lowest BCUT2D eigenvalue weighted by atomic mass is 10.2. The van der Waals surface area contributed by atoms with Gasteiger partial charge in [0.25, 0.3) is 0 Å². The molecule has 0 unspecified atom stereocenters. The van der Waals surface area contributed by atoms with Crippen LogP contribution < -0.4 is 10.5 Å². The maximum absolute atomic E-state index is 5.83. The lowest BCUT2D eigenvalue weighted by molar-refractivity contribution is 0.222. The lowest BCUT2D eigenvalue weighted by Crippen LogP contribution is -2.11. The monoisotopic (exact) mass is 264 g/mol. The third-order valence-corrected chi connectivity index (χ3v) is 2.33. The molecule has 0 radical (unpaired) electrons. The minimum Gasteiger partial charge on any atom is -0.461 e. The lowest BCUT2D eigenvalue weighted by Gasteiger charge is -2.09. The zero-order valence-corrected chi connectivity index (χ0v) is 10.8. The summed E-state index contributed by atoms with van der Waals surface area (Å²) in [5, 5.41) is 0.652. The van der Waals surface area contributed by atoms with Gasteiger partial charge in [0.15, 0.2) is 5.82 Å². The minimum atomic E-state index is -0.0233. The number of nitrogen functional groups attached to an aromatic ring is 1. The molecule has 1 heterocycles. The number of rotatable bonds is 3. The van der Waals surface area contributed by atoms with Crippen molar-refractivity contribution in [2.24, 2.45) is 0 Å². The van der Waals surface area contributed by atoms with Gasteiger partial charge in [0.05, 0.1) is 6.10 Å². The molecule has 2 rings (SSSR count). The topological polar surface area (TPSA) is 73.9 Å². The van der Waals surface area contributed by atoms with E-state index in [9.17, 15) is 0 Å². The van der Waals surface area contributed by atoms with Crippen molar-refractivity contribution in [2.45, 2.75) is 20.0 Å². The molecular weight excluding hydrogens is 252 g/mol. The molecule has 0 bridgehead atoms. The first-order chi connectivity index (χ1) is 8.54. The maximum atomic E-state index is 5.83. The second kappa shape index (κ2) is 5.18. The van der Waals surface area contributed by atoms with Crippen LogP contribution >= 0.6 is 11.6 Å². The number of anilines is 1. The zero-order chi connectivity index (χ0) is 13.1. The Bertz CT molecular complexity index is 542. The number of aromatic nitrogens is 3. The van der Waals surface area contributed by atoms with Gasteiger partial charge in [-0.1, -0.05) is 11.6 Å². The Labute approximate surface area is 110 Å². The molecule has 2 aromatic rings. The van der Waals surface area contributed by atoms with Crippen molar-refractivity contribution in [3.8, 4) is 17.4 Å². The van der Waals surface area contributed by atoms with E-state index in [4.69, 9.17) is 22.1 Å². The summed E-state index contributed by atoms with van der Waals surface area (Å²) in [5.41, 5.74) is 6.44. The number of hydrogen-bond acceptors (Lipinski definition) is 5. The highest BCUT2D eigenvalue weighted by molar-refractivity contribution is 6.30. The fourth-order valence-electron chi connectivity index (χ4n) is 1.36.